The first-order valence-electron chi connectivity index (χ1n) is 7.40. The predicted molar refractivity (Wildman–Crippen MR) is 84.0 cm³/mol. The lowest BCUT2D eigenvalue weighted by atomic mass is 10.0. The molecule has 0 aliphatic rings. The molecule has 0 bridgehead atoms. The molecule has 0 heterocycles. The topological polar surface area (TPSA) is 41.5 Å². The number of aliphatic hydroxyl groups excluding tert-OH is 1. The van der Waals surface area contributed by atoms with Gasteiger partial charge in [0, 0.05) is 6.54 Å². The molecule has 3 heteroatoms. The molecule has 1 atom stereocenters. The third-order valence-electron chi connectivity index (χ3n) is 3.11. The number of rotatable bonds is 7. The van der Waals surface area contributed by atoms with Crippen LogP contribution in [0.25, 0.3) is 0 Å². The molecule has 0 spiro atoms. The summed E-state index contributed by atoms with van der Waals surface area (Å²) >= 11 is 0. The van der Waals surface area contributed by atoms with Gasteiger partial charge >= 0.3 is 0 Å². The highest BCUT2D eigenvalue weighted by Crippen LogP contribution is 2.12. The highest BCUT2D eigenvalue weighted by molar-refractivity contribution is 5.30. The number of benzene rings is 1. The zero-order valence-electron chi connectivity index (χ0n) is 13.5. The van der Waals surface area contributed by atoms with Crippen LogP contribution in [0.4, 0.5) is 0 Å². The minimum absolute atomic E-state index is 0.306. The van der Waals surface area contributed by atoms with Crippen LogP contribution in [0.3, 0.4) is 0 Å². The molecule has 1 aromatic carbocycles. The van der Waals surface area contributed by atoms with Crippen molar-refractivity contribution in [1.82, 2.24) is 5.32 Å². The Hall–Kier alpha value is -0.900. The SMILES string of the molecule is Cc1ccc(C)c(CCCNCC(O)OC(C)(C)C)c1. The fourth-order valence-corrected chi connectivity index (χ4v) is 2.15. The van der Waals surface area contributed by atoms with Crippen molar-refractivity contribution in [2.75, 3.05) is 13.1 Å². The summed E-state index contributed by atoms with van der Waals surface area (Å²) in [5, 5.41) is 12.9. The van der Waals surface area contributed by atoms with E-state index in [1.165, 1.54) is 16.7 Å². The lowest BCUT2D eigenvalue weighted by Crippen LogP contribution is -2.35. The number of hydrogen-bond donors (Lipinski definition) is 2. The smallest absolute Gasteiger partial charge is 0.167 e. The molecule has 0 fully saturated rings. The molecule has 0 aliphatic carbocycles. The Labute approximate surface area is 123 Å². The second-order valence-electron chi connectivity index (χ2n) is 6.42. The Morgan fingerprint density at radius 3 is 2.60 bits per heavy atom. The highest BCUT2D eigenvalue weighted by Gasteiger charge is 2.15. The van der Waals surface area contributed by atoms with E-state index in [2.05, 4.69) is 37.4 Å². The average molecular weight is 279 g/mol. The first kappa shape index (κ1) is 17.2. The number of hydrogen-bond acceptors (Lipinski definition) is 3. The Bertz CT molecular complexity index is 410. The van der Waals surface area contributed by atoms with E-state index in [0.717, 1.165) is 19.4 Å². The first-order chi connectivity index (χ1) is 9.28. The first-order valence-corrected chi connectivity index (χ1v) is 7.40. The lowest BCUT2D eigenvalue weighted by Gasteiger charge is -2.24. The molecule has 3 nitrogen and oxygen atoms in total. The number of nitrogens with one attached hydrogen (secondary N) is 1. The van der Waals surface area contributed by atoms with Crippen molar-refractivity contribution in [2.24, 2.45) is 0 Å². The van der Waals surface area contributed by atoms with E-state index in [9.17, 15) is 5.11 Å². The summed E-state index contributed by atoms with van der Waals surface area (Å²) in [6.45, 7) is 11.5. The third-order valence-corrected chi connectivity index (χ3v) is 3.11. The second kappa shape index (κ2) is 7.77. The van der Waals surface area contributed by atoms with Crippen molar-refractivity contribution in [3.63, 3.8) is 0 Å². The van der Waals surface area contributed by atoms with Crippen molar-refractivity contribution >= 4 is 0 Å². The van der Waals surface area contributed by atoms with Crippen LogP contribution in [0.5, 0.6) is 0 Å². The van der Waals surface area contributed by atoms with Gasteiger partial charge in [0.1, 0.15) is 0 Å². The highest BCUT2D eigenvalue weighted by atomic mass is 16.6. The summed E-state index contributed by atoms with van der Waals surface area (Å²) in [6.07, 6.45) is 1.39. The van der Waals surface area contributed by atoms with Crippen molar-refractivity contribution < 1.29 is 9.84 Å². The maximum absolute atomic E-state index is 9.70. The van der Waals surface area contributed by atoms with Gasteiger partial charge in [-0.15, -0.1) is 0 Å². The molecule has 1 aromatic rings. The summed E-state index contributed by atoms with van der Waals surface area (Å²) in [5.74, 6) is 0. The second-order valence-corrected chi connectivity index (χ2v) is 6.42. The van der Waals surface area contributed by atoms with Crippen LogP contribution in [0.15, 0.2) is 18.2 Å². The summed E-state index contributed by atoms with van der Waals surface area (Å²) in [4.78, 5) is 0. The van der Waals surface area contributed by atoms with Crippen molar-refractivity contribution in [1.29, 1.82) is 0 Å². The summed E-state index contributed by atoms with van der Waals surface area (Å²) < 4.78 is 5.43. The number of aliphatic hydroxyl groups is 1. The van der Waals surface area contributed by atoms with Crippen LogP contribution in [0.1, 0.15) is 43.9 Å². The molecule has 0 radical (unpaired) electrons. The quantitative estimate of drug-likeness (QED) is 0.595. The van der Waals surface area contributed by atoms with E-state index >= 15 is 0 Å². The maximum atomic E-state index is 9.70. The van der Waals surface area contributed by atoms with Gasteiger partial charge in [0.25, 0.3) is 0 Å². The Kier molecular flexibility index (Phi) is 6.66. The standard InChI is InChI=1S/C17H29NO2/c1-13-8-9-14(2)15(11-13)7-6-10-18-12-16(19)20-17(3,4)5/h8-9,11,16,18-19H,6-7,10,12H2,1-5H3. The molecule has 0 saturated carbocycles. The Balaban J connectivity index is 2.21. The molecule has 114 valence electrons. The van der Waals surface area contributed by atoms with Crippen LogP contribution in [-0.4, -0.2) is 30.1 Å². The van der Waals surface area contributed by atoms with E-state index in [1.54, 1.807) is 0 Å². The van der Waals surface area contributed by atoms with Gasteiger partial charge in [0.15, 0.2) is 6.29 Å². The molecular formula is C17H29NO2. The van der Waals surface area contributed by atoms with Gasteiger partial charge in [-0.25, -0.2) is 0 Å². The summed E-state index contributed by atoms with van der Waals surface area (Å²) in [5.41, 5.74) is 3.78. The minimum Gasteiger partial charge on any atom is -0.367 e. The molecule has 1 rings (SSSR count). The zero-order valence-corrected chi connectivity index (χ0v) is 13.5. The van der Waals surface area contributed by atoms with Gasteiger partial charge in [0.05, 0.1) is 5.60 Å². The molecule has 20 heavy (non-hydrogen) atoms. The van der Waals surface area contributed by atoms with Gasteiger partial charge in [-0.2, -0.15) is 0 Å². The third kappa shape index (κ3) is 7.04. The van der Waals surface area contributed by atoms with Crippen LogP contribution in [0.2, 0.25) is 0 Å². The minimum atomic E-state index is -0.740. The lowest BCUT2D eigenvalue weighted by molar-refractivity contribution is -0.162. The van der Waals surface area contributed by atoms with Crippen molar-refractivity contribution in [3.05, 3.63) is 34.9 Å². The monoisotopic (exact) mass is 279 g/mol. The van der Waals surface area contributed by atoms with Crippen molar-refractivity contribution in [2.45, 2.75) is 59.4 Å². The average Bonchev–Trinajstić information content (AvgIpc) is 2.30. The van der Waals surface area contributed by atoms with Crippen LogP contribution >= 0.6 is 0 Å². The van der Waals surface area contributed by atoms with Crippen LogP contribution < -0.4 is 5.32 Å². The van der Waals surface area contributed by atoms with E-state index in [-0.39, 0.29) is 5.60 Å². The molecule has 2 N–H and O–H groups in total. The van der Waals surface area contributed by atoms with Crippen molar-refractivity contribution in [3.8, 4) is 0 Å². The van der Waals surface area contributed by atoms with Gasteiger partial charge in [-0.05, 0) is 65.1 Å². The molecule has 0 aromatic heterocycles. The Morgan fingerprint density at radius 1 is 1.25 bits per heavy atom. The van der Waals surface area contributed by atoms with Crippen LogP contribution in [0, 0.1) is 13.8 Å². The summed E-state index contributed by atoms with van der Waals surface area (Å²) in [7, 11) is 0. The molecule has 1 unspecified atom stereocenters. The van der Waals surface area contributed by atoms with Gasteiger partial charge in [-0.3, -0.25) is 0 Å². The van der Waals surface area contributed by atoms with Gasteiger partial charge < -0.3 is 15.2 Å². The Morgan fingerprint density at radius 2 is 1.95 bits per heavy atom. The van der Waals surface area contributed by atoms with E-state index in [1.807, 2.05) is 20.8 Å². The van der Waals surface area contributed by atoms with Crippen LogP contribution in [-0.2, 0) is 11.2 Å². The molecular weight excluding hydrogens is 250 g/mol. The predicted octanol–water partition coefficient (Wildman–Crippen LogP) is 2.96. The van der Waals surface area contributed by atoms with E-state index in [0.29, 0.717) is 6.54 Å². The largest absolute Gasteiger partial charge is 0.367 e. The maximum Gasteiger partial charge on any atom is 0.167 e. The zero-order chi connectivity index (χ0) is 15.2. The van der Waals surface area contributed by atoms with E-state index in [4.69, 9.17) is 4.74 Å². The number of aryl methyl sites for hydroxylation is 3. The molecule has 0 saturated heterocycles. The number of ether oxygens (including phenoxy) is 1. The van der Waals surface area contributed by atoms with Gasteiger partial charge in [0.2, 0.25) is 0 Å². The van der Waals surface area contributed by atoms with Gasteiger partial charge in [-0.1, -0.05) is 23.8 Å². The fourth-order valence-electron chi connectivity index (χ4n) is 2.15. The molecule has 0 amide bonds. The fraction of sp³-hybridized carbons (Fsp3) is 0.647. The van der Waals surface area contributed by atoms with E-state index < -0.39 is 6.29 Å². The molecule has 0 aliphatic heterocycles. The summed E-state index contributed by atoms with van der Waals surface area (Å²) in [6, 6.07) is 6.59. The normalized spacial score (nSPS) is 13.5.